The van der Waals surface area contributed by atoms with E-state index >= 15 is 0 Å². The molecule has 0 fully saturated rings. The highest BCUT2D eigenvalue weighted by Gasteiger charge is 2.16. The van der Waals surface area contributed by atoms with Crippen molar-refractivity contribution in [3.8, 4) is 11.5 Å². The van der Waals surface area contributed by atoms with Crippen LogP contribution >= 0.6 is 0 Å². The zero-order valence-electron chi connectivity index (χ0n) is 13.2. The maximum Gasteiger partial charge on any atom is 0.317 e. The quantitative estimate of drug-likeness (QED) is 0.921. The minimum Gasteiger partial charge on any atom is -0.469 e. The van der Waals surface area contributed by atoms with Gasteiger partial charge < -0.3 is 24.1 Å². The van der Waals surface area contributed by atoms with Gasteiger partial charge in [-0.1, -0.05) is 6.07 Å². The number of ether oxygens (including phenoxy) is 2. The predicted molar refractivity (Wildman–Crippen MR) is 84.4 cm³/mol. The average Bonchev–Trinajstić information content (AvgIpc) is 3.17. The largest absolute Gasteiger partial charge is 0.469 e. The number of carbonyl (C=O) groups is 1. The lowest BCUT2D eigenvalue weighted by Crippen LogP contribution is -2.42. The van der Waals surface area contributed by atoms with Gasteiger partial charge in [0.05, 0.1) is 6.26 Å². The van der Waals surface area contributed by atoms with Crippen LogP contribution in [-0.4, -0.2) is 30.8 Å². The number of rotatable bonds is 5. The van der Waals surface area contributed by atoms with Gasteiger partial charge in [0.15, 0.2) is 11.5 Å². The highest BCUT2D eigenvalue weighted by molar-refractivity contribution is 5.74. The molecule has 122 valence electrons. The van der Waals surface area contributed by atoms with E-state index in [2.05, 4.69) is 5.32 Å². The molecule has 0 radical (unpaired) electrons. The normalized spacial score (nSPS) is 13.7. The highest BCUT2D eigenvalue weighted by atomic mass is 16.7. The molecule has 0 saturated carbocycles. The number of benzene rings is 1. The Hall–Kier alpha value is -2.63. The van der Waals surface area contributed by atoms with E-state index in [1.165, 1.54) is 0 Å². The summed E-state index contributed by atoms with van der Waals surface area (Å²) in [6, 6.07) is 9.31. The molecular formula is C17H20N2O4. The van der Waals surface area contributed by atoms with E-state index in [0.717, 1.165) is 22.8 Å². The molecule has 6 nitrogen and oxygen atoms in total. The molecule has 0 spiro atoms. The third kappa shape index (κ3) is 3.77. The fraction of sp³-hybridized carbons (Fsp3) is 0.353. The Morgan fingerprint density at radius 1 is 1.30 bits per heavy atom. The molecule has 0 aliphatic carbocycles. The zero-order chi connectivity index (χ0) is 16.2. The molecule has 6 heteroatoms. The van der Waals surface area contributed by atoms with E-state index in [4.69, 9.17) is 13.9 Å². The van der Waals surface area contributed by atoms with Crippen LogP contribution in [0.15, 0.2) is 41.0 Å². The van der Waals surface area contributed by atoms with Gasteiger partial charge in [0.25, 0.3) is 0 Å². The first-order chi connectivity index (χ1) is 11.1. The van der Waals surface area contributed by atoms with E-state index in [1.807, 2.05) is 37.3 Å². The standard InChI is InChI=1S/C17H20N2O4/c1-12(8-14-4-3-7-21-14)18-17(20)19(2)10-13-5-6-15-16(9-13)23-11-22-15/h3-7,9,12H,8,10-11H2,1-2H3,(H,18,20)/t12-/m0/s1. The van der Waals surface area contributed by atoms with Crippen molar-refractivity contribution in [1.82, 2.24) is 10.2 Å². The number of carbonyl (C=O) groups excluding carboxylic acids is 1. The van der Waals surface area contributed by atoms with Crippen LogP contribution in [0.2, 0.25) is 0 Å². The summed E-state index contributed by atoms with van der Waals surface area (Å²) in [5.74, 6) is 2.33. The Bertz CT molecular complexity index is 669. The highest BCUT2D eigenvalue weighted by Crippen LogP contribution is 2.32. The molecule has 3 rings (SSSR count). The first kappa shape index (κ1) is 15.3. The second kappa shape index (κ2) is 6.64. The van der Waals surface area contributed by atoms with Crippen molar-refractivity contribution in [2.75, 3.05) is 13.8 Å². The van der Waals surface area contributed by atoms with Crippen molar-refractivity contribution in [3.05, 3.63) is 47.9 Å². The number of urea groups is 1. The lowest BCUT2D eigenvalue weighted by Gasteiger charge is -2.21. The summed E-state index contributed by atoms with van der Waals surface area (Å²) in [6.07, 6.45) is 2.30. The first-order valence-corrected chi connectivity index (χ1v) is 7.54. The van der Waals surface area contributed by atoms with E-state index < -0.39 is 0 Å². The number of nitrogens with zero attached hydrogens (tertiary/aromatic N) is 1. The molecule has 1 N–H and O–H groups in total. The number of amides is 2. The molecule has 0 bridgehead atoms. The van der Waals surface area contributed by atoms with Gasteiger partial charge in [0, 0.05) is 26.1 Å². The Labute approximate surface area is 135 Å². The van der Waals surface area contributed by atoms with Gasteiger partial charge in [-0.15, -0.1) is 0 Å². The summed E-state index contributed by atoms with van der Waals surface area (Å²) in [7, 11) is 1.76. The summed E-state index contributed by atoms with van der Waals surface area (Å²) in [4.78, 5) is 13.9. The van der Waals surface area contributed by atoms with Gasteiger partial charge in [-0.2, -0.15) is 0 Å². The predicted octanol–water partition coefficient (Wildman–Crippen LogP) is 2.78. The Kier molecular flexibility index (Phi) is 4.41. The van der Waals surface area contributed by atoms with Gasteiger partial charge in [0.1, 0.15) is 5.76 Å². The maximum absolute atomic E-state index is 12.2. The number of hydrogen-bond acceptors (Lipinski definition) is 4. The second-order valence-electron chi connectivity index (χ2n) is 5.68. The van der Waals surface area contributed by atoms with Crippen LogP contribution in [0.3, 0.4) is 0 Å². The molecular weight excluding hydrogens is 296 g/mol. The monoisotopic (exact) mass is 316 g/mol. The van der Waals surface area contributed by atoms with Crippen LogP contribution in [0.1, 0.15) is 18.2 Å². The van der Waals surface area contributed by atoms with Crippen LogP contribution < -0.4 is 14.8 Å². The molecule has 23 heavy (non-hydrogen) atoms. The third-order valence-electron chi connectivity index (χ3n) is 3.66. The topological polar surface area (TPSA) is 63.9 Å². The van der Waals surface area contributed by atoms with Gasteiger partial charge in [-0.3, -0.25) is 0 Å². The van der Waals surface area contributed by atoms with Crippen molar-refractivity contribution >= 4 is 6.03 Å². The van der Waals surface area contributed by atoms with Crippen molar-refractivity contribution in [3.63, 3.8) is 0 Å². The van der Waals surface area contributed by atoms with Crippen molar-refractivity contribution in [2.24, 2.45) is 0 Å². The molecule has 1 aromatic heterocycles. The average molecular weight is 316 g/mol. The molecule has 0 saturated heterocycles. The minimum atomic E-state index is -0.123. The first-order valence-electron chi connectivity index (χ1n) is 7.54. The molecule has 2 aromatic rings. The molecule has 1 aliphatic heterocycles. The van der Waals surface area contributed by atoms with Crippen LogP contribution in [0.5, 0.6) is 11.5 Å². The number of hydrogen-bond donors (Lipinski definition) is 1. The van der Waals surface area contributed by atoms with E-state index in [9.17, 15) is 4.79 Å². The Balaban J connectivity index is 1.53. The molecule has 2 heterocycles. The summed E-state index contributed by atoms with van der Waals surface area (Å²) in [5, 5.41) is 2.96. The Morgan fingerprint density at radius 3 is 2.91 bits per heavy atom. The van der Waals surface area contributed by atoms with Crippen LogP contribution in [0, 0.1) is 0 Å². The zero-order valence-corrected chi connectivity index (χ0v) is 13.2. The lowest BCUT2D eigenvalue weighted by atomic mass is 10.2. The van der Waals surface area contributed by atoms with Gasteiger partial charge in [-0.05, 0) is 36.8 Å². The molecule has 2 amide bonds. The van der Waals surface area contributed by atoms with Crippen LogP contribution in [-0.2, 0) is 13.0 Å². The minimum absolute atomic E-state index is 0.00662. The Morgan fingerprint density at radius 2 is 2.13 bits per heavy atom. The number of furan rings is 1. The fourth-order valence-corrected chi connectivity index (χ4v) is 2.49. The van der Waals surface area contributed by atoms with Crippen molar-refractivity contribution < 1.29 is 18.7 Å². The van der Waals surface area contributed by atoms with Crippen molar-refractivity contribution in [2.45, 2.75) is 25.9 Å². The smallest absolute Gasteiger partial charge is 0.317 e. The molecule has 0 unspecified atom stereocenters. The third-order valence-corrected chi connectivity index (χ3v) is 3.66. The van der Waals surface area contributed by atoms with E-state index in [1.54, 1.807) is 18.2 Å². The summed E-state index contributed by atoms with van der Waals surface area (Å²) in [6.45, 7) is 2.70. The van der Waals surface area contributed by atoms with E-state index in [-0.39, 0.29) is 18.9 Å². The second-order valence-corrected chi connectivity index (χ2v) is 5.68. The molecule has 1 aromatic carbocycles. The lowest BCUT2D eigenvalue weighted by molar-refractivity contribution is 0.174. The van der Waals surface area contributed by atoms with Crippen molar-refractivity contribution in [1.29, 1.82) is 0 Å². The maximum atomic E-state index is 12.2. The van der Waals surface area contributed by atoms with Gasteiger partial charge in [-0.25, -0.2) is 4.79 Å². The number of fused-ring (bicyclic) bond motifs is 1. The van der Waals surface area contributed by atoms with Gasteiger partial charge >= 0.3 is 6.03 Å². The summed E-state index contributed by atoms with van der Waals surface area (Å²) < 4.78 is 15.9. The SMILES string of the molecule is C[C@@H](Cc1ccco1)NC(=O)N(C)Cc1ccc2c(c1)OCO2. The van der Waals surface area contributed by atoms with Crippen LogP contribution in [0.4, 0.5) is 4.79 Å². The summed E-state index contributed by atoms with van der Waals surface area (Å²) >= 11 is 0. The molecule has 1 atom stereocenters. The fourth-order valence-electron chi connectivity index (χ4n) is 2.49. The summed E-state index contributed by atoms with van der Waals surface area (Å²) in [5.41, 5.74) is 0.991. The molecule has 1 aliphatic rings. The van der Waals surface area contributed by atoms with Crippen LogP contribution in [0.25, 0.3) is 0 Å². The van der Waals surface area contributed by atoms with Gasteiger partial charge in [0.2, 0.25) is 6.79 Å². The number of nitrogens with one attached hydrogen (secondary N) is 1. The van der Waals surface area contributed by atoms with E-state index in [0.29, 0.717) is 13.0 Å².